The van der Waals surface area contributed by atoms with Gasteiger partial charge in [-0.1, -0.05) is 48.1 Å². The summed E-state index contributed by atoms with van der Waals surface area (Å²) in [5, 5.41) is 0. The molecule has 0 amide bonds. The van der Waals surface area contributed by atoms with E-state index in [1.807, 2.05) is 0 Å². The van der Waals surface area contributed by atoms with Gasteiger partial charge in [0.25, 0.3) is 0 Å². The van der Waals surface area contributed by atoms with Crippen LogP contribution in [-0.4, -0.2) is 0 Å². The summed E-state index contributed by atoms with van der Waals surface area (Å²) >= 11 is 0. The molecule has 0 aromatic carbocycles. The van der Waals surface area contributed by atoms with Gasteiger partial charge < -0.3 is 0 Å². The zero-order valence-corrected chi connectivity index (χ0v) is 11.7. The van der Waals surface area contributed by atoms with E-state index in [2.05, 4.69) is 42.5 Å². The molecule has 0 nitrogen and oxygen atoms in total. The van der Waals surface area contributed by atoms with Crippen LogP contribution in [0.2, 0.25) is 0 Å². The summed E-state index contributed by atoms with van der Waals surface area (Å²) in [4.78, 5) is 0. The fourth-order valence-corrected chi connectivity index (χ4v) is 4.84. The van der Waals surface area contributed by atoms with Gasteiger partial charge in [0.05, 0.1) is 0 Å². The monoisotopic (exact) mass is 252 g/mol. The molecule has 2 fully saturated rings. The Hall–Kier alpha value is -1.04. The molecule has 19 heavy (non-hydrogen) atoms. The van der Waals surface area contributed by atoms with E-state index in [1.54, 1.807) is 5.57 Å². The lowest BCUT2D eigenvalue weighted by Crippen LogP contribution is -2.12. The molecule has 0 radical (unpaired) electrons. The van der Waals surface area contributed by atoms with Crippen LogP contribution >= 0.6 is 0 Å². The molecular formula is C19H24. The van der Waals surface area contributed by atoms with E-state index in [4.69, 9.17) is 0 Å². The molecule has 0 spiro atoms. The minimum atomic E-state index is 0.925. The second-order valence-electron chi connectivity index (χ2n) is 6.85. The molecule has 0 N–H and O–H groups in total. The zero-order valence-electron chi connectivity index (χ0n) is 11.7. The van der Waals surface area contributed by atoms with Crippen LogP contribution in [0.3, 0.4) is 0 Å². The molecule has 0 heterocycles. The van der Waals surface area contributed by atoms with Gasteiger partial charge in [-0.2, -0.15) is 0 Å². The van der Waals surface area contributed by atoms with Crippen LogP contribution in [0.1, 0.15) is 38.5 Å². The average molecular weight is 252 g/mol. The van der Waals surface area contributed by atoms with Crippen molar-refractivity contribution < 1.29 is 0 Å². The van der Waals surface area contributed by atoms with Gasteiger partial charge in [-0.05, 0) is 68.1 Å². The molecule has 0 aliphatic heterocycles. The van der Waals surface area contributed by atoms with E-state index >= 15 is 0 Å². The van der Waals surface area contributed by atoms with Crippen molar-refractivity contribution in [2.45, 2.75) is 38.5 Å². The smallest absolute Gasteiger partial charge is 0.0133 e. The summed E-state index contributed by atoms with van der Waals surface area (Å²) in [6.07, 6.45) is 24.9. The van der Waals surface area contributed by atoms with Crippen molar-refractivity contribution in [1.82, 2.24) is 0 Å². The number of rotatable bonds is 0. The molecule has 2 bridgehead atoms. The summed E-state index contributed by atoms with van der Waals surface area (Å²) in [7, 11) is 0. The van der Waals surface area contributed by atoms with Gasteiger partial charge in [0.15, 0.2) is 0 Å². The van der Waals surface area contributed by atoms with Crippen molar-refractivity contribution in [2.24, 2.45) is 29.6 Å². The maximum atomic E-state index is 2.44. The first-order valence-electron chi connectivity index (χ1n) is 8.12. The SMILES string of the molecule is C1=CC2C3C=CC(C3)C2C1.C1=CCC2CCCC2=C1. The van der Waals surface area contributed by atoms with E-state index < -0.39 is 0 Å². The van der Waals surface area contributed by atoms with Crippen molar-refractivity contribution in [2.75, 3.05) is 0 Å². The van der Waals surface area contributed by atoms with Crippen LogP contribution < -0.4 is 0 Å². The predicted octanol–water partition coefficient (Wildman–Crippen LogP) is 5.06. The van der Waals surface area contributed by atoms with E-state index in [0.29, 0.717) is 0 Å². The van der Waals surface area contributed by atoms with Gasteiger partial charge in [0, 0.05) is 0 Å². The fourth-order valence-electron chi connectivity index (χ4n) is 4.84. The van der Waals surface area contributed by atoms with Crippen LogP contribution in [0.25, 0.3) is 0 Å². The standard InChI is InChI=1S/C10H12.C9H12/c1-2-9-7-4-5-8(6-7)10(9)3-1;1-2-5-9-7-3-6-8(9)4-1/h1-2,4-5,7-10H,3,6H2;1-2,4,9H,3,5-7H2. The normalized spacial score (nSPS) is 43.8. The first-order valence-corrected chi connectivity index (χ1v) is 8.12. The fraction of sp³-hybridized carbons (Fsp3) is 0.579. The maximum Gasteiger partial charge on any atom is -0.0133 e. The van der Waals surface area contributed by atoms with Gasteiger partial charge in [-0.25, -0.2) is 0 Å². The number of fused-ring (bicyclic) bond motifs is 6. The Bertz CT molecular complexity index is 462. The Labute approximate surface area is 117 Å². The third-order valence-corrected chi connectivity index (χ3v) is 5.86. The van der Waals surface area contributed by atoms with Crippen LogP contribution in [0.4, 0.5) is 0 Å². The number of allylic oxidation sites excluding steroid dienone is 8. The van der Waals surface area contributed by atoms with Crippen LogP contribution in [0.15, 0.2) is 48.1 Å². The highest BCUT2D eigenvalue weighted by Crippen LogP contribution is 2.52. The van der Waals surface area contributed by atoms with Crippen LogP contribution in [0, 0.1) is 29.6 Å². The first-order chi connectivity index (χ1) is 9.42. The molecule has 5 aliphatic carbocycles. The lowest BCUT2D eigenvalue weighted by Gasteiger charge is -2.18. The maximum absolute atomic E-state index is 2.44. The minimum absolute atomic E-state index is 0.925. The average Bonchev–Trinajstić information content (AvgIpc) is 3.21. The van der Waals surface area contributed by atoms with Crippen molar-refractivity contribution >= 4 is 0 Å². The molecule has 2 saturated carbocycles. The van der Waals surface area contributed by atoms with E-state index in [0.717, 1.165) is 29.6 Å². The van der Waals surface area contributed by atoms with Crippen LogP contribution in [0.5, 0.6) is 0 Å². The van der Waals surface area contributed by atoms with Crippen molar-refractivity contribution in [3.05, 3.63) is 48.1 Å². The summed E-state index contributed by atoms with van der Waals surface area (Å²) < 4.78 is 0. The highest BCUT2D eigenvalue weighted by Gasteiger charge is 2.44. The lowest BCUT2D eigenvalue weighted by molar-refractivity contribution is 0.398. The number of hydrogen-bond acceptors (Lipinski definition) is 0. The Balaban J connectivity index is 0.000000103. The highest BCUT2D eigenvalue weighted by atomic mass is 14.5. The second kappa shape index (κ2) is 4.81. The molecular weight excluding hydrogens is 228 g/mol. The van der Waals surface area contributed by atoms with Gasteiger partial charge in [0.2, 0.25) is 0 Å². The first kappa shape index (κ1) is 11.8. The Morgan fingerprint density at radius 2 is 1.89 bits per heavy atom. The van der Waals surface area contributed by atoms with Crippen molar-refractivity contribution in [1.29, 1.82) is 0 Å². The quantitative estimate of drug-likeness (QED) is 0.529. The molecule has 5 rings (SSSR count). The predicted molar refractivity (Wildman–Crippen MR) is 80.7 cm³/mol. The van der Waals surface area contributed by atoms with Crippen LogP contribution in [-0.2, 0) is 0 Å². The topological polar surface area (TPSA) is 0 Å². The highest BCUT2D eigenvalue weighted by molar-refractivity contribution is 5.23. The second-order valence-corrected chi connectivity index (χ2v) is 6.85. The molecule has 100 valence electrons. The summed E-state index contributed by atoms with van der Waals surface area (Å²) in [6.45, 7) is 0. The molecule has 0 aromatic rings. The molecule has 0 heteroatoms. The third kappa shape index (κ3) is 2.06. The molecule has 5 atom stereocenters. The minimum Gasteiger partial charge on any atom is -0.0879 e. The summed E-state index contributed by atoms with van der Waals surface area (Å²) in [5.41, 5.74) is 1.71. The Kier molecular flexibility index (Phi) is 2.98. The molecule has 5 aliphatic rings. The third-order valence-electron chi connectivity index (χ3n) is 5.86. The summed E-state index contributed by atoms with van der Waals surface area (Å²) in [6, 6.07) is 0. The molecule has 0 aromatic heterocycles. The largest absolute Gasteiger partial charge is 0.0879 e. The molecule has 5 unspecified atom stereocenters. The van der Waals surface area contributed by atoms with E-state index in [1.165, 1.54) is 38.5 Å². The van der Waals surface area contributed by atoms with Gasteiger partial charge in [0.1, 0.15) is 0 Å². The van der Waals surface area contributed by atoms with Crippen molar-refractivity contribution in [3.8, 4) is 0 Å². The zero-order chi connectivity index (χ0) is 12.7. The Morgan fingerprint density at radius 3 is 2.79 bits per heavy atom. The van der Waals surface area contributed by atoms with Gasteiger partial charge >= 0.3 is 0 Å². The number of hydrogen-bond donors (Lipinski definition) is 0. The van der Waals surface area contributed by atoms with Gasteiger partial charge in [-0.3, -0.25) is 0 Å². The van der Waals surface area contributed by atoms with Gasteiger partial charge in [-0.15, -0.1) is 0 Å². The van der Waals surface area contributed by atoms with E-state index in [-0.39, 0.29) is 0 Å². The van der Waals surface area contributed by atoms with E-state index in [9.17, 15) is 0 Å². The summed E-state index contributed by atoms with van der Waals surface area (Å²) in [5.74, 6) is 4.76. The molecule has 0 saturated heterocycles. The lowest BCUT2D eigenvalue weighted by atomic mass is 9.86. The Morgan fingerprint density at radius 1 is 0.947 bits per heavy atom. The van der Waals surface area contributed by atoms with Crippen molar-refractivity contribution in [3.63, 3.8) is 0 Å².